The van der Waals surface area contributed by atoms with Crippen LogP contribution in [0.15, 0.2) is 30.3 Å². The minimum absolute atomic E-state index is 0.452. The van der Waals surface area contributed by atoms with Crippen molar-refractivity contribution < 1.29 is 19.4 Å². The molecule has 0 saturated heterocycles. The quantitative estimate of drug-likeness (QED) is 0.569. The lowest BCUT2D eigenvalue weighted by molar-refractivity contribution is -0.139. The van der Waals surface area contributed by atoms with Crippen molar-refractivity contribution in [2.45, 2.75) is 59.1 Å². The molecule has 2 aromatic rings. The average molecular weight is 396 g/mol. The van der Waals surface area contributed by atoms with Gasteiger partial charge in [-0.2, -0.15) is 0 Å². The van der Waals surface area contributed by atoms with E-state index in [0.29, 0.717) is 18.3 Å². The Morgan fingerprint density at radius 3 is 2.31 bits per heavy atom. The van der Waals surface area contributed by atoms with Gasteiger partial charge in [0.2, 0.25) is 5.91 Å². The summed E-state index contributed by atoms with van der Waals surface area (Å²) in [6.45, 7) is 6.36. The van der Waals surface area contributed by atoms with Crippen LogP contribution in [-0.2, 0) is 16.2 Å². The van der Waals surface area contributed by atoms with Gasteiger partial charge in [0.15, 0.2) is 0 Å². The zero-order chi connectivity index (χ0) is 21.0. The van der Waals surface area contributed by atoms with E-state index in [1.165, 1.54) is 24.8 Å². The number of hydrogen-bond donors (Lipinski definition) is 3. The third-order valence-electron chi connectivity index (χ3n) is 5.05. The van der Waals surface area contributed by atoms with E-state index in [1.54, 1.807) is 12.1 Å². The number of carboxylic acid groups (broad SMARTS) is 1. The number of carboxylic acids is 1. The number of benzene rings is 2. The van der Waals surface area contributed by atoms with Crippen molar-refractivity contribution in [2.75, 3.05) is 10.6 Å². The normalized spacial score (nSPS) is 13.5. The Labute approximate surface area is 171 Å². The molecule has 1 aliphatic carbocycles. The molecule has 0 aromatic heterocycles. The van der Waals surface area contributed by atoms with Gasteiger partial charge >= 0.3 is 5.97 Å². The highest BCUT2D eigenvalue weighted by Gasteiger charge is 2.17. The lowest BCUT2D eigenvalue weighted by Gasteiger charge is -2.28. The van der Waals surface area contributed by atoms with Gasteiger partial charge in [0.1, 0.15) is 18.8 Å². The van der Waals surface area contributed by atoms with E-state index < -0.39 is 18.3 Å². The molecule has 2 aromatic carbocycles. The number of amides is 1. The lowest BCUT2D eigenvalue weighted by atomic mass is 9.93. The van der Waals surface area contributed by atoms with Crippen LogP contribution in [0.1, 0.15) is 47.9 Å². The number of ether oxygens (including phenoxy) is 1. The Bertz CT molecular complexity index is 896. The van der Waals surface area contributed by atoms with E-state index in [-0.39, 0.29) is 0 Å². The molecule has 6 heteroatoms. The number of nitrogens with one attached hydrogen (secondary N) is 2. The Hall–Kier alpha value is -3.02. The molecule has 29 heavy (non-hydrogen) atoms. The Morgan fingerprint density at radius 2 is 1.72 bits per heavy atom. The molecule has 1 saturated carbocycles. The maximum atomic E-state index is 11.7. The van der Waals surface area contributed by atoms with Gasteiger partial charge in [-0.3, -0.25) is 9.59 Å². The van der Waals surface area contributed by atoms with Crippen LogP contribution in [0.5, 0.6) is 5.75 Å². The van der Waals surface area contributed by atoms with E-state index in [9.17, 15) is 9.59 Å². The fourth-order valence-corrected chi connectivity index (χ4v) is 3.57. The number of hydrogen-bond acceptors (Lipinski definition) is 4. The molecule has 154 valence electrons. The van der Waals surface area contributed by atoms with Gasteiger partial charge in [0.05, 0.1) is 0 Å². The number of aryl methyl sites for hydroxylation is 3. The average Bonchev–Trinajstić information content (AvgIpc) is 2.56. The summed E-state index contributed by atoms with van der Waals surface area (Å²) >= 11 is 0. The molecule has 0 heterocycles. The standard InChI is InChI=1S/C23H28N2O4/c1-14-7-17(11-19(8-14)24-18-5-4-6-18)13-29-23-15(2)9-20(10-16(23)3)25-21(26)12-22(27)28/h7-11,18,24H,4-6,12-13H2,1-3H3,(H,25,26)(H,27,28). The second-order valence-electron chi connectivity index (χ2n) is 7.83. The summed E-state index contributed by atoms with van der Waals surface area (Å²) in [5.41, 5.74) is 5.77. The molecule has 0 bridgehead atoms. The fraction of sp³-hybridized carbons (Fsp3) is 0.391. The van der Waals surface area contributed by atoms with Gasteiger partial charge < -0.3 is 20.5 Å². The molecule has 6 nitrogen and oxygen atoms in total. The molecule has 0 atom stereocenters. The fourth-order valence-electron chi connectivity index (χ4n) is 3.57. The van der Waals surface area contributed by atoms with Gasteiger partial charge in [0, 0.05) is 17.4 Å². The van der Waals surface area contributed by atoms with Crippen LogP contribution in [0, 0.1) is 20.8 Å². The van der Waals surface area contributed by atoms with Gasteiger partial charge in [0.25, 0.3) is 0 Å². The first-order chi connectivity index (χ1) is 13.8. The number of aliphatic carboxylic acids is 1. The van der Waals surface area contributed by atoms with Crippen LogP contribution in [0.4, 0.5) is 11.4 Å². The first-order valence-corrected chi connectivity index (χ1v) is 9.93. The molecule has 1 fully saturated rings. The van der Waals surface area contributed by atoms with Crippen molar-refractivity contribution in [2.24, 2.45) is 0 Å². The molecule has 1 amide bonds. The highest BCUT2D eigenvalue weighted by Crippen LogP contribution is 2.29. The van der Waals surface area contributed by atoms with Crippen LogP contribution in [0.2, 0.25) is 0 Å². The first-order valence-electron chi connectivity index (χ1n) is 9.93. The largest absolute Gasteiger partial charge is 0.488 e. The highest BCUT2D eigenvalue weighted by molar-refractivity contribution is 6.01. The third-order valence-corrected chi connectivity index (χ3v) is 5.05. The van der Waals surface area contributed by atoms with E-state index in [2.05, 4.69) is 35.8 Å². The van der Waals surface area contributed by atoms with E-state index in [1.807, 2.05) is 13.8 Å². The second-order valence-corrected chi connectivity index (χ2v) is 7.83. The Morgan fingerprint density at radius 1 is 1.03 bits per heavy atom. The monoisotopic (exact) mass is 396 g/mol. The smallest absolute Gasteiger partial charge is 0.312 e. The third kappa shape index (κ3) is 5.73. The predicted octanol–water partition coefficient (Wildman–Crippen LogP) is 4.57. The summed E-state index contributed by atoms with van der Waals surface area (Å²) in [7, 11) is 0. The summed E-state index contributed by atoms with van der Waals surface area (Å²) in [6.07, 6.45) is 3.20. The van der Waals surface area contributed by atoms with Gasteiger partial charge in [-0.25, -0.2) is 0 Å². The molecule has 1 aliphatic rings. The summed E-state index contributed by atoms with van der Waals surface area (Å²) in [5, 5.41) is 14.9. The van der Waals surface area contributed by atoms with Crippen LogP contribution >= 0.6 is 0 Å². The highest BCUT2D eigenvalue weighted by atomic mass is 16.5. The van der Waals surface area contributed by atoms with Crippen LogP contribution in [0.3, 0.4) is 0 Å². The predicted molar refractivity (Wildman–Crippen MR) is 114 cm³/mol. The minimum Gasteiger partial charge on any atom is -0.488 e. The van der Waals surface area contributed by atoms with Crippen molar-refractivity contribution in [3.8, 4) is 5.75 Å². The molecular formula is C23H28N2O4. The molecule has 0 spiro atoms. The molecule has 0 aliphatic heterocycles. The maximum Gasteiger partial charge on any atom is 0.312 e. The van der Waals surface area contributed by atoms with E-state index in [4.69, 9.17) is 9.84 Å². The number of carbonyl (C=O) groups excluding carboxylic acids is 1. The number of anilines is 2. The van der Waals surface area contributed by atoms with Crippen molar-refractivity contribution in [1.82, 2.24) is 0 Å². The Balaban J connectivity index is 1.67. The maximum absolute atomic E-state index is 11.7. The second kappa shape index (κ2) is 8.99. The van der Waals surface area contributed by atoms with Crippen molar-refractivity contribution in [3.63, 3.8) is 0 Å². The molecular weight excluding hydrogens is 368 g/mol. The molecule has 3 N–H and O–H groups in total. The van der Waals surface area contributed by atoms with Gasteiger partial charge in [-0.1, -0.05) is 6.07 Å². The SMILES string of the molecule is Cc1cc(COc2c(C)cc(NC(=O)CC(=O)O)cc2C)cc(NC2CCC2)c1. The van der Waals surface area contributed by atoms with Crippen molar-refractivity contribution >= 4 is 23.3 Å². The van der Waals surface area contributed by atoms with Crippen molar-refractivity contribution in [1.29, 1.82) is 0 Å². The molecule has 0 unspecified atom stereocenters. The van der Waals surface area contributed by atoms with Crippen LogP contribution < -0.4 is 15.4 Å². The van der Waals surface area contributed by atoms with E-state index >= 15 is 0 Å². The summed E-state index contributed by atoms with van der Waals surface area (Å²) in [6, 6.07) is 10.6. The topological polar surface area (TPSA) is 87.7 Å². The summed E-state index contributed by atoms with van der Waals surface area (Å²) < 4.78 is 6.10. The molecule has 0 radical (unpaired) electrons. The van der Waals surface area contributed by atoms with Gasteiger partial charge in [-0.05, 0) is 86.6 Å². The number of rotatable bonds is 8. The van der Waals surface area contributed by atoms with E-state index in [0.717, 1.165) is 28.1 Å². The molecule has 3 rings (SSSR count). The van der Waals surface area contributed by atoms with Crippen molar-refractivity contribution in [3.05, 3.63) is 52.6 Å². The summed E-state index contributed by atoms with van der Waals surface area (Å²) in [4.78, 5) is 22.3. The van der Waals surface area contributed by atoms with Gasteiger partial charge in [-0.15, -0.1) is 0 Å². The number of carbonyl (C=O) groups is 2. The lowest BCUT2D eigenvalue weighted by Crippen LogP contribution is -2.27. The summed E-state index contributed by atoms with van der Waals surface area (Å²) in [5.74, 6) is -0.923. The van der Waals surface area contributed by atoms with Crippen LogP contribution in [-0.4, -0.2) is 23.0 Å². The zero-order valence-electron chi connectivity index (χ0n) is 17.2. The minimum atomic E-state index is -1.15. The zero-order valence-corrected chi connectivity index (χ0v) is 17.2. The van der Waals surface area contributed by atoms with Crippen LogP contribution in [0.25, 0.3) is 0 Å². The first kappa shape index (κ1) is 20.7. The Kier molecular flexibility index (Phi) is 6.42.